The maximum atomic E-state index is 10.9. The molecule has 0 aliphatic carbocycles. The highest BCUT2D eigenvalue weighted by Crippen LogP contribution is 2.32. The van der Waals surface area contributed by atoms with Crippen LogP contribution in [0.4, 0.5) is 0 Å². The summed E-state index contributed by atoms with van der Waals surface area (Å²) in [6.45, 7) is 3.83. The van der Waals surface area contributed by atoms with Crippen molar-refractivity contribution in [3.05, 3.63) is 0 Å². The number of nitrogens with one attached hydrogen (secondary N) is 1. The number of unbranched alkanes of at least 4 members (excludes halogenated alkanes) is 12. The van der Waals surface area contributed by atoms with E-state index in [1.54, 1.807) is 0 Å². The molecule has 2 rings (SSSR count). The van der Waals surface area contributed by atoms with Crippen molar-refractivity contribution in [2.75, 3.05) is 13.2 Å². The van der Waals surface area contributed by atoms with Gasteiger partial charge < -0.3 is 15.2 Å². The molecule has 2 atom stereocenters. The molecule has 2 fully saturated rings. The highest BCUT2D eigenvalue weighted by Gasteiger charge is 2.40. The zero-order chi connectivity index (χ0) is 17.8. The van der Waals surface area contributed by atoms with E-state index in [1.165, 1.54) is 83.5 Å². The minimum atomic E-state index is -0.428. The average molecular weight is 354 g/mol. The van der Waals surface area contributed by atoms with E-state index in [2.05, 4.69) is 12.2 Å². The first kappa shape index (κ1) is 21.2. The maximum Gasteiger partial charge on any atom is 0.0679 e. The number of hydrogen-bond donors (Lipinski definition) is 2. The van der Waals surface area contributed by atoms with Crippen LogP contribution < -0.4 is 5.32 Å². The minimum absolute atomic E-state index is 0.375. The Labute approximate surface area is 156 Å². The van der Waals surface area contributed by atoms with Gasteiger partial charge >= 0.3 is 0 Å². The topological polar surface area (TPSA) is 41.5 Å². The molecule has 0 aromatic heterocycles. The van der Waals surface area contributed by atoms with E-state index in [0.717, 1.165) is 32.5 Å². The predicted octanol–water partition coefficient (Wildman–Crippen LogP) is 5.35. The number of piperidine rings is 1. The maximum absolute atomic E-state index is 10.9. The monoisotopic (exact) mass is 353 g/mol. The van der Waals surface area contributed by atoms with Crippen molar-refractivity contribution in [3.63, 3.8) is 0 Å². The highest BCUT2D eigenvalue weighted by molar-refractivity contribution is 4.97. The molecule has 0 saturated carbocycles. The summed E-state index contributed by atoms with van der Waals surface area (Å²) in [5.41, 5.74) is -0.428. The van der Waals surface area contributed by atoms with Crippen molar-refractivity contribution in [1.29, 1.82) is 0 Å². The van der Waals surface area contributed by atoms with Crippen LogP contribution in [0, 0.1) is 0 Å². The lowest BCUT2D eigenvalue weighted by Gasteiger charge is -2.45. The van der Waals surface area contributed by atoms with E-state index in [4.69, 9.17) is 4.74 Å². The van der Waals surface area contributed by atoms with Crippen LogP contribution in [-0.2, 0) is 4.74 Å². The van der Waals surface area contributed by atoms with Crippen molar-refractivity contribution < 1.29 is 9.84 Å². The second kappa shape index (κ2) is 12.3. The van der Waals surface area contributed by atoms with Crippen molar-refractivity contribution in [2.24, 2.45) is 0 Å². The van der Waals surface area contributed by atoms with Gasteiger partial charge in [-0.1, -0.05) is 90.4 Å². The molecule has 0 aromatic carbocycles. The molecule has 0 amide bonds. The van der Waals surface area contributed by atoms with Gasteiger partial charge in [0.05, 0.1) is 18.8 Å². The molecular weight excluding hydrogens is 310 g/mol. The van der Waals surface area contributed by atoms with E-state index < -0.39 is 5.60 Å². The Hall–Kier alpha value is -0.120. The standard InChI is InChI=1S/C22H43NO2/c1-2-3-4-5-6-7-8-9-10-11-12-13-14-15-22(24)16-20-18-25-19-21(17-22)23-20/h20-21,23-24H,2-19H2,1H3. The highest BCUT2D eigenvalue weighted by atomic mass is 16.5. The summed E-state index contributed by atoms with van der Waals surface area (Å²) < 4.78 is 5.58. The molecule has 2 unspecified atom stereocenters. The minimum Gasteiger partial charge on any atom is -0.390 e. The Bertz CT molecular complexity index is 322. The lowest BCUT2D eigenvalue weighted by atomic mass is 9.79. The number of rotatable bonds is 14. The summed E-state index contributed by atoms with van der Waals surface area (Å²) >= 11 is 0. The number of aliphatic hydroxyl groups is 1. The lowest BCUT2D eigenvalue weighted by molar-refractivity contribution is -0.0808. The number of morpholine rings is 1. The summed E-state index contributed by atoms with van der Waals surface area (Å²) in [7, 11) is 0. The predicted molar refractivity (Wildman–Crippen MR) is 106 cm³/mol. The quantitative estimate of drug-likeness (QED) is 0.414. The molecule has 25 heavy (non-hydrogen) atoms. The fourth-order valence-electron chi connectivity index (χ4n) is 4.69. The lowest BCUT2D eigenvalue weighted by Crippen LogP contribution is -2.59. The second-order valence-corrected chi connectivity index (χ2v) is 8.72. The van der Waals surface area contributed by atoms with E-state index in [1.807, 2.05) is 0 Å². The zero-order valence-corrected chi connectivity index (χ0v) is 16.7. The summed E-state index contributed by atoms with van der Waals surface area (Å²) in [4.78, 5) is 0. The molecule has 2 aliphatic rings. The molecule has 0 spiro atoms. The molecule has 0 radical (unpaired) electrons. The fraction of sp³-hybridized carbons (Fsp3) is 1.00. The van der Waals surface area contributed by atoms with Gasteiger partial charge in [-0.05, 0) is 19.3 Å². The summed E-state index contributed by atoms with van der Waals surface area (Å²) in [6.07, 6.45) is 20.8. The first-order valence-electron chi connectivity index (χ1n) is 11.3. The molecule has 2 aliphatic heterocycles. The second-order valence-electron chi connectivity index (χ2n) is 8.72. The Morgan fingerprint density at radius 2 is 1.20 bits per heavy atom. The first-order chi connectivity index (χ1) is 12.2. The molecule has 2 N–H and O–H groups in total. The van der Waals surface area contributed by atoms with Crippen molar-refractivity contribution in [1.82, 2.24) is 5.32 Å². The van der Waals surface area contributed by atoms with Gasteiger partial charge in [0.1, 0.15) is 0 Å². The van der Waals surface area contributed by atoms with Gasteiger partial charge in [-0.2, -0.15) is 0 Å². The molecule has 2 heterocycles. The van der Waals surface area contributed by atoms with Crippen molar-refractivity contribution >= 4 is 0 Å². The molecule has 148 valence electrons. The summed E-state index contributed by atoms with van der Waals surface area (Å²) in [5, 5.41) is 14.4. The van der Waals surface area contributed by atoms with Crippen LogP contribution in [0.5, 0.6) is 0 Å². The first-order valence-corrected chi connectivity index (χ1v) is 11.3. The van der Waals surface area contributed by atoms with Crippen LogP contribution >= 0.6 is 0 Å². The molecule has 2 bridgehead atoms. The Morgan fingerprint density at radius 3 is 1.68 bits per heavy atom. The van der Waals surface area contributed by atoms with Crippen LogP contribution in [0.15, 0.2) is 0 Å². The van der Waals surface area contributed by atoms with Gasteiger partial charge in [0, 0.05) is 12.1 Å². The van der Waals surface area contributed by atoms with Crippen LogP contribution in [0.3, 0.4) is 0 Å². The number of ether oxygens (including phenoxy) is 1. The number of fused-ring (bicyclic) bond motifs is 2. The third-order valence-electron chi connectivity index (χ3n) is 6.11. The van der Waals surface area contributed by atoms with Gasteiger partial charge in [0.15, 0.2) is 0 Å². The van der Waals surface area contributed by atoms with Crippen LogP contribution in [0.2, 0.25) is 0 Å². The smallest absolute Gasteiger partial charge is 0.0679 e. The molecule has 0 aromatic rings. The van der Waals surface area contributed by atoms with Gasteiger partial charge in [0.25, 0.3) is 0 Å². The van der Waals surface area contributed by atoms with Crippen LogP contribution in [0.25, 0.3) is 0 Å². The van der Waals surface area contributed by atoms with E-state index in [0.29, 0.717) is 12.1 Å². The number of hydrogen-bond acceptors (Lipinski definition) is 3. The molecule has 3 heteroatoms. The largest absolute Gasteiger partial charge is 0.390 e. The van der Waals surface area contributed by atoms with Gasteiger partial charge in [-0.15, -0.1) is 0 Å². The Morgan fingerprint density at radius 1 is 0.760 bits per heavy atom. The molecular formula is C22H43NO2. The van der Waals surface area contributed by atoms with Crippen LogP contribution in [-0.4, -0.2) is 36.0 Å². The third-order valence-corrected chi connectivity index (χ3v) is 6.11. The zero-order valence-electron chi connectivity index (χ0n) is 16.7. The molecule has 2 saturated heterocycles. The van der Waals surface area contributed by atoms with E-state index >= 15 is 0 Å². The average Bonchev–Trinajstić information content (AvgIpc) is 2.58. The Balaban J connectivity index is 1.37. The summed E-state index contributed by atoms with van der Waals surface area (Å²) in [5.74, 6) is 0. The van der Waals surface area contributed by atoms with E-state index in [9.17, 15) is 5.11 Å². The van der Waals surface area contributed by atoms with Crippen molar-refractivity contribution in [2.45, 2.75) is 127 Å². The fourth-order valence-corrected chi connectivity index (χ4v) is 4.69. The normalized spacial score (nSPS) is 29.0. The molecule has 3 nitrogen and oxygen atoms in total. The van der Waals surface area contributed by atoms with Gasteiger partial charge in [0.2, 0.25) is 0 Å². The SMILES string of the molecule is CCCCCCCCCCCCCCCC1(O)CC2COCC(C1)N2. The summed E-state index contributed by atoms with van der Waals surface area (Å²) in [6, 6.07) is 0.749. The third kappa shape index (κ3) is 8.88. The van der Waals surface area contributed by atoms with E-state index in [-0.39, 0.29) is 0 Å². The van der Waals surface area contributed by atoms with Crippen LogP contribution in [0.1, 0.15) is 110 Å². The van der Waals surface area contributed by atoms with Gasteiger partial charge in [-0.25, -0.2) is 0 Å². The van der Waals surface area contributed by atoms with Gasteiger partial charge in [-0.3, -0.25) is 0 Å². The Kier molecular flexibility index (Phi) is 10.4. The van der Waals surface area contributed by atoms with Crippen molar-refractivity contribution in [3.8, 4) is 0 Å².